The van der Waals surface area contributed by atoms with E-state index < -0.39 is 0 Å². The summed E-state index contributed by atoms with van der Waals surface area (Å²) in [6.45, 7) is 10.3. The maximum absolute atomic E-state index is 11.6. The van der Waals surface area contributed by atoms with E-state index in [1.165, 1.54) is 0 Å². The van der Waals surface area contributed by atoms with Crippen molar-refractivity contribution < 1.29 is 9.53 Å². The molecule has 0 radical (unpaired) electrons. The molecule has 1 aliphatic rings. The van der Waals surface area contributed by atoms with E-state index in [2.05, 4.69) is 27.4 Å². The van der Waals surface area contributed by atoms with Gasteiger partial charge in [0.05, 0.1) is 0 Å². The number of cyclic esters (lactones) is 1. The van der Waals surface area contributed by atoms with E-state index in [4.69, 9.17) is 4.74 Å². The maximum atomic E-state index is 11.6. The van der Waals surface area contributed by atoms with Gasteiger partial charge >= 0.3 is 5.97 Å². The van der Waals surface area contributed by atoms with Gasteiger partial charge in [0.1, 0.15) is 5.60 Å². The average molecular weight is 224 g/mol. The number of hydrogen-bond acceptors (Lipinski definition) is 2. The molecule has 0 aromatic rings. The second-order valence-corrected chi connectivity index (χ2v) is 4.91. The van der Waals surface area contributed by atoms with Crippen LogP contribution < -0.4 is 0 Å². The van der Waals surface area contributed by atoms with Crippen LogP contribution in [0.3, 0.4) is 0 Å². The minimum absolute atomic E-state index is 0.179. The Morgan fingerprint density at radius 3 is 2.06 bits per heavy atom. The number of unbranched alkanes of at least 4 members (excludes halogenated alkanes) is 2. The van der Waals surface area contributed by atoms with Crippen LogP contribution in [0.4, 0.5) is 0 Å². The van der Waals surface area contributed by atoms with Gasteiger partial charge in [-0.25, -0.2) is 4.79 Å². The fourth-order valence-corrected chi connectivity index (χ4v) is 2.44. The largest absolute Gasteiger partial charge is 0.455 e. The minimum Gasteiger partial charge on any atom is -0.455 e. The summed E-state index contributed by atoms with van der Waals surface area (Å²) in [7, 11) is 0. The summed E-state index contributed by atoms with van der Waals surface area (Å²) in [4.78, 5) is 11.6. The van der Waals surface area contributed by atoms with E-state index >= 15 is 0 Å². The molecule has 1 heterocycles. The van der Waals surface area contributed by atoms with E-state index in [1.54, 1.807) is 0 Å². The summed E-state index contributed by atoms with van der Waals surface area (Å²) in [5, 5.41) is 0. The van der Waals surface area contributed by atoms with Crippen molar-refractivity contribution in [2.75, 3.05) is 0 Å². The summed E-state index contributed by atoms with van der Waals surface area (Å²) in [5.74, 6) is -0.00203. The molecule has 1 fully saturated rings. The molecule has 2 heteroatoms. The molecule has 0 aliphatic carbocycles. The van der Waals surface area contributed by atoms with Gasteiger partial charge in [-0.05, 0) is 25.7 Å². The third-order valence-corrected chi connectivity index (χ3v) is 3.78. The molecule has 0 saturated carbocycles. The standard InChI is InChI=1S/C14H24O2/c1-5-7-9-14(10-8-6-2)12(4)11(3)13(15)16-14/h12H,3,5-10H2,1-2,4H3. The third-order valence-electron chi connectivity index (χ3n) is 3.78. The van der Waals surface area contributed by atoms with Gasteiger partial charge in [-0.1, -0.05) is 40.2 Å². The molecule has 1 saturated heterocycles. The predicted octanol–water partition coefficient (Wildman–Crippen LogP) is 3.85. The third kappa shape index (κ3) is 2.47. The Labute approximate surface area is 99.1 Å². The molecule has 1 unspecified atom stereocenters. The highest BCUT2D eigenvalue weighted by Gasteiger charge is 2.47. The highest BCUT2D eigenvalue weighted by molar-refractivity contribution is 5.91. The lowest BCUT2D eigenvalue weighted by atomic mass is 9.79. The second-order valence-electron chi connectivity index (χ2n) is 4.91. The lowest BCUT2D eigenvalue weighted by Gasteiger charge is -2.31. The van der Waals surface area contributed by atoms with Crippen LogP contribution in [0.15, 0.2) is 12.2 Å². The van der Waals surface area contributed by atoms with Crippen molar-refractivity contribution in [2.24, 2.45) is 5.92 Å². The predicted molar refractivity (Wildman–Crippen MR) is 66.2 cm³/mol. The number of carbonyl (C=O) groups is 1. The maximum Gasteiger partial charge on any atom is 0.334 e. The van der Waals surface area contributed by atoms with Crippen molar-refractivity contribution in [1.82, 2.24) is 0 Å². The van der Waals surface area contributed by atoms with E-state index in [0.29, 0.717) is 5.57 Å². The van der Waals surface area contributed by atoms with Gasteiger partial charge in [0.2, 0.25) is 0 Å². The van der Waals surface area contributed by atoms with Crippen molar-refractivity contribution in [2.45, 2.75) is 64.9 Å². The van der Waals surface area contributed by atoms with Crippen LogP contribution in [0, 0.1) is 5.92 Å². The van der Waals surface area contributed by atoms with Crippen molar-refractivity contribution in [3.8, 4) is 0 Å². The first kappa shape index (κ1) is 13.3. The number of ether oxygens (including phenoxy) is 1. The smallest absolute Gasteiger partial charge is 0.334 e. The van der Waals surface area contributed by atoms with Crippen LogP contribution >= 0.6 is 0 Å². The molecule has 0 aromatic carbocycles. The Morgan fingerprint density at radius 2 is 1.75 bits per heavy atom. The molecule has 0 bridgehead atoms. The molecule has 0 aromatic heterocycles. The molecule has 1 atom stereocenters. The summed E-state index contributed by atoms with van der Waals surface area (Å²) in [6.07, 6.45) is 6.49. The Bertz CT molecular complexity index is 260. The van der Waals surface area contributed by atoms with Gasteiger partial charge in [-0.2, -0.15) is 0 Å². The fourth-order valence-electron chi connectivity index (χ4n) is 2.44. The van der Waals surface area contributed by atoms with Crippen molar-refractivity contribution in [3.05, 3.63) is 12.2 Å². The molecule has 0 amide bonds. The first-order valence-electron chi connectivity index (χ1n) is 6.49. The fraction of sp³-hybridized carbons (Fsp3) is 0.786. The van der Waals surface area contributed by atoms with E-state index in [9.17, 15) is 4.79 Å². The number of carbonyl (C=O) groups excluding carboxylic acids is 1. The molecule has 16 heavy (non-hydrogen) atoms. The molecule has 0 spiro atoms. The topological polar surface area (TPSA) is 26.3 Å². The first-order valence-corrected chi connectivity index (χ1v) is 6.49. The average Bonchev–Trinajstić information content (AvgIpc) is 2.49. The minimum atomic E-state index is -0.250. The van der Waals surface area contributed by atoms with E-state index in [1.807, 2.05) is 0 Å². The zero-order chi connectivity index (χ0) is 12.2. The van der Waals surface area contributed by atoms with Gasteiger partial charge in [0, 0.05) is 11.5 Å². The lowest BCUT2D eigenvalue weighted by molar-refractivity contribution is -0.149. The zero-order valence-electron chi connectivity index (χ0n) is 10.8. The van der Waals surface area contributed by atoms with E-state index in [-0.39, 0.29) is 17.5 Å². The SMILES string of the molecule is C=C1C(=O)OC(CCCC)(CCCC)C1C. The number of esters is 1. The number of rotatable bonds is 6. The molecule has 92 valence electrons. The van der Waals surface area contributed by atoms with Gasteiger partial charge in [-0.15, -0.1) is 0 Å². The van der Waals surface area contributed by atoms with Crippen LogP contribution in [0.5, 0.6) is 0 Å². The summed E-state index contributed by atoms with van der Waals surface area (Å²) < 4.78 is 5.64. The Balaban J connectivity index is 2.78. The van der Waals surface area contributed by atoms with Crippen LogP contribution in [-0.4, -0.2) is 11.6 Å². The van der Waals surface area contributed by atoms with Crippen molar-refractivity contribution in [1.29, 1.82) is 0 Å². The zero-order valence-corrected chi connectivity index (χ0v) is 10.8. The second kappa shape index (κ2) is 5.51. The quantitative estimate of drug-likeness (QED) is 0.506. The Hall–Kier alpha value is -0.790. The van der Waals surface area contributed by atoms with Gasteiger partial charge < -0.3 is 4.74 Å². The molecular formula is C14H24O2. The van der Waals surface area contributed by atoms with Crippen LogP contribution in [0.1, 0.15) is 59.3 Å². The van der Waals surface area contributed by atoms with Crippen LogP contribution in [0.2, 0.25) is 0 Å². The van der Waals surface area contributed by atoms with Crippen molar-refractivity contribution in [3.63, 3.8) is 0 Å². The molecule has 1 rings (SSSR count). The molecule has 2 nitrogen and oxygen atoms in total. The highest BCUT2D eigenvalue weighted by atomic mass is 16.6. The summed E-state index contributed by atoms with van der Waals surface area (Å²) in [6, 6.07) is 0. The Morgan fingerprint density at radius 1 is 1.25 bits per heavy atom. The summed E-state index contributed by atoms with van der Waals surface area (Å²) in [5.41, 5.74) is 0.410. The summed E-state index contributed by atoms with van der Waals surface area (Å²) >= 11 is 0. The van der Waals surface area contributed by atoms with Crippen LogP contribution in [-0.2, 0) is 9.53 Å². The normalized spacial score (nSPS) is 23.6. The lowest BCUT2D eigenvalue weighted by Crippen LogP contribution is -2.34. The highest BCUT2D eigenvalue weighted by Crippen LogP contribution is 2.43. The van der Waals surface area contributed by atoms with Crippen molar-refractivity contribution >= 4 is 5.97 Å². The van der Waals surface area contributed by atoms with E-state index in [0.717, 1.165) is 38.5 Å². The van der Waals surface area contributed by atoms with Gasteiger partial charge in [0.15, 0.2) is 0 Å². The monoisotopic (exact) mass is 224 g/mol. The number of hydrogen-bond donors (Lipinski definition) is 0. The molecule has 1 aliphatic heterocycles. The molecular weight excluding hydrogens is 200 g/mol. The van der Waals surface area contributed by atoms with Gasteiger partial charge in [0.25, 0.3) is 0 Å². The molecule has 0 N–H and O–H groups in total. The Kier molecular flexibility index (Phi) is 4.57. The first-order chi connectivity index (χ1) is 7.57. The van der Waals surface area contributed by atoms with Gasteiger partial charge in [-0.3, -0.25) is 0 Å². The van der Waals surface area contributed by atoms with Crippen LogP contribution in [0.25, 0.3) is 0 Å².